The Morgan fingerprint density at radius 1 is 1.43 bits per heavy atom. The van der Waals surface area contributed by atoms with Crippen molar-refractivity contribution in [2.45, 2.75) is 32.9 Å². The molecule has 0 saturated carbocycles. The Morgan fingerprint density at radius 2 is 2.22 bits per heavy atom. The van der Waals surface area contributed by atoms with Gasteiger partial charge in [0.25, 0.3) is 0 Å². The number of hydrogen-bond donors (Lipinski definition) is 1. The average Bonchev–Trinajstić information content (AvgIpc) is 2.51. The number of piperazine rings is 1. The minimum atomic E-state index is -0.0994. The SMILES string of the molecule is Cc1cccc(OCCNC(=O)C(C)N2CCN(C)CC2C)c1. The van der Waals surface area contributed by atoms with E-state index in [-0.39, 0.29) is 11.9 Å². The number of carbonyl (C=O) groups is 1. The molecule has 1 aliphatic heterocycles. The molecule has 5 nitrogen and oxygen atoms in total. The van der Waals surface area contributed by atoms with E-state index in [4.69, 9.17) is 4.74 Å². The smallest absolute Gasteiger partial charge is 0.237 e. The van der Waals surface area contributed by atoms with Crippen LogP contribution in [0.5, 0.6) is 5.75 Å². The molecule has 0 aromatic heterocycles. The average molecular weight is 319 g/mol. The van der Waals surface area contributed by atoms with Gasteiger partial charge in [0.15, 0.2) is 0 Å². The summed E-state index contributed by atoms with van der Waals surface area (Å²) in [6, 6.07) is 8.24. The first kappa shape index (κ1) is 17.8. The predicted octanol–water partition coefficient (Wildman–Crippen LogP) is 1.51. The van der Waals surface area contributed by atoms with Gasteiger partial charge in [0.2, 0.25) is 5.91 Å². The molecule has 2 atom stereocenters. The fraction of sp³-hybridized carbons (Fsp3) is 0.611. The van der Waals surface area contributed by atoms with Gasteiger partial charge in [0.1, 0.15) is 12.4 Å². The Bertz CT molecular complexity index is 521. The molecule has 0 aliphatic carbocycles. The van der Waals surface area contributed by atoms with Gasteiger partial charge in [0.05, 0.1) is 12.6 Å². The number of likely N-dealkylation sites (N-methyl/N-ethyl adjacent to an activating group) is 1. The number of aryl methyl sites for hydroxylation is 1. The van der Waals surface area contributed by atoms with Crippen molar-refractivity contribution in [1.82, 2.24) is 15.1 Å². The van der Waals surface area contributed by atoms with Gasteiger partial charge in [0, 0.05) is 25.7 Å². The Morgan fingerprint density at radius 3 is 2.91 bits per heavy atom. The molecule has 1 aliphatic rings. The Kier molecular flexibility index (Phi) is 6.42. The van der Waals surface area contributed by atoms with Crippen LogP contribution in [0.3, 0.4) is 0 Å². The normalized spacial score (nSPS) is 21.0. The highest BCUT2D eigenvalue weighted by Crippen LogP contribution is 2.13. The van der Waals surface area contributed by atoms with Crippen molar-refractivity contribution in [2.24, 2.45) is 0 Å². The van der Waals surface area contributed by atoms with Crippen LogP contribution in [0, 0.1) is 6.92 Å². The molecule has 2 unspecified atom stereocenters. The molecule has 2 rings (SSSR count). The molecular weight excluding hydrogens is 290 g/mol. The molecule has 0 radical (unpaired) electrons. The van der Waals surface area contributed by atoms with Crippen molar-refractivity contribution in [3.8, 4) is 5.75 Å². The standard InChI is InChI=1S/C18H29N3O2/c1-14-6-5-7-17(12-14)23-11-8-19-18(22)16(3)21-10-9-20(4)13-15(21)2/h5-7,12,15-16H,8-11,13H2,1-4H3,(H,19,22). The molecule has 1 N–H and O–H groups in total. The van der Waals surface area contributed by atoms with Crippen LogP contribution in [0.4, 0.5) is 0 Å². The van der Waals surface area contributed by atoms with Gasteiger partial charge in [-0.1, -0.05) is 12.1 Å². The first-order valence-corrected chi connectivity index (χ1v) is 8.39. The Labute approximate surface area is 139 Å². The summed E-state index contributed by atoms with van der Waals surface area (Å²) in [5, 5.41) is 2.98. The quantitative estimate of drug-likeness (QED) is 0.808. The largest absolute Gasteiger partial charge is 0.492 e. The van der Waals surface area contributed by atoms with E-state index in [1.54, 1.807) is 0 Å². The summed E-state index contributed by atoms with van der Waals surface area (Å²) in [6.07, 6.45) is 0. The number of nitrogens with one attached hydrogen (secondary N) is 1. The highest BCUT2D eigenvalue weighted by atomic mass is 16.5. The van der Waals surface area contributed by atoms with E-state index in [1.807, 2.05) is 38.1 Å². The van der Waals surface area contributed by atoms with E-state index in [0.29, 0.717) is 19.2 Å². The molecule has 1 aromatic rings. The third-order valence-corrected chi connectivity index (χ3v) is 4.42. The second kappa shape index (κ2) is 8.31. The summed E-state index contributed by atoms with van der Waals surface area (Å²) in [4.78, 5) is 16.9. The Hall–Kier alpha value is -1.59. The van der Waals surface area contributed by atoms with Crippen molar-refractivity contribution in [2.75, 3.05) is 39.8 Å². The lowest BCUT2D eigenvalue weighted by Gasteiger charge is -2.41. The number of ether oxygens (including phenoxy) is 1. The first-order valence-electron chi connectivity index (χ1n) is 8.39. The molecular formula is C18H29N3O2. The van der Waals surface area contributed by atoms with Crippen LogP contribution in [-0.2, 0) is 4.79 Å². The maximum atomic E-state index is 12.3. The number of rotatable bonds is 6. The van der Waals surface area contributed by atoms with E-state index >= 15 is 0 Å². The summed E-state index contributed by atoms with van der Waals surface area (Å²) in [6.45, 7) is 10.2. The predicted molar refractivity (Wildman–Crippen MR) is 92.8 cm³/mol. The third kappa shape index (κ3) is 5.22. The van der Waals surface area contributed by atoms with Crippen LogP contribution in [-0.4, -0.2) is 67.6 Å². The van der Waals surface area contributed by atoms with E-state index in [2.05, 4.69) is 29.1 Å². The fourth-order valence-electron chi connectivity index (χ4n) is 3.08. The molecule has 1 heterocycles. The molecule has 5 heteroatoms. The molecule has 0 spiro atoms. The van der Waals surface area contributed by atoms with Gasteiger partial charge in [-0.15, -0.1) is 0 Å². The highest BCUT2D eigenvalue weighted by Gasteiger charge is 2.29. The monoisotopic (exact) mass is 319 g/mol. The van der Waals surface area contributed by atoms with E-state index in [0.717, 1.165) is 25.4 Å². The molecule has 23 heavy (non-hydrogen) atoms. The lowest BCUT2D eigenvalue weighted by molar-refractivity contribution is -0.127. The van der Waals surface area contributed by atoms with Crippen molar-refractivity contribution >= 4 is 5.91 Å². The number of nitrogens with zero attached hydrogens (tertiary/aromatic N) is 2. The summed E-state index contributed by atoms with van der Waals surface area (Å²) in [5.74, 6) is 0.925. The Balaban J connectivity index is 1.72. The topological polar surface area (TPSA) is 44.8 Å². The molecule has 1 fully saturated rings. The van der Waals surface area contributed by atoms with Crippen molar-refractivity contribution in [1.29, 1.82) is 0 Å². The van der Waals surface area contributed by atoms with E-state index in [9.17, 15) is 4.79 Å². The number of amides is 1. The van der Waals surface area contributed by atoms with Crippen molar-refractivity contribution in [3.05, 3.63) is 29.8 Å². The molecule has 1 amide bonds. The van der Waals surface area contributed by atoms with Crippen LogP contribution >= 0.6 is 0 Å². The van der Waals surface area contributed by atoms with Gasteiger partial charge in [-0.05, 0) is 45.5 Å². The van der Waals surface area contributed by atoms with Crippen molar-refractivity contribution in [3.63, 3.8) is 0 Å². The molecule has 128 valence electrons. The number of carbonyl (C=O) groups excluding carboxylic acids is 1. The van der Waals surface area contributed by atoms with Gasteiger partial charge >= 0.3 is 0 Å². The van der Waals surface area contributed by atoms with Crippen LogP contribution in [0.2, 0.25) is 0 Å². The van der Waals surface area contributed by atoms with Crippen LogP contribution in [0.25, 0.3) is 0 Å². The highest BCUT2D eigenvalue weighted by molar-refractivity contribution is 5.81. The van der Waals surface area contributed by atoms with E-state index < -0.39 is 0 Å². The maximum Gasteiger partial charge on any atom is 0.237 e. The summed E-state index contributed by atoms with van der Waals surface area (Å²) >= 11 is 0. The van der Waals surface area contributed by atoms with Gasteiger partial charge in [-0.2, -0.15) is 0 Å². The van der Waals surface area contributed by atoms with Crippen LogP contribution in [0.15, 0.2) is 24.3 Å². The molecule has 1 saturated heterocycles. The summed E-state index contributed by atoms with van der Waals surface area (Å²) < 4.78 is 5.66. The van der Waals surface area contributed by atoms with Crippen LogP contribution < -0.4 is 10.1 Å². The zero-order valence-corrected chi connectivity index (χ0v) is 14.7. The van der Waals surface area contributed by atoms with E-state index in [1.165, 1.54) is 5.56 Å². The first-order chi connectivity index (χ1) is 11.0. The fourth-order valence-corrected chi connectivity index (χ4v) is 3.08. The van der Waals surface area contributed by atoms with Gasteiger partial charge < -0.3 is 15.0 Å². The lowest BCUT2D eigenvalue weighted by atomic mass is 10.1. The van der Waals surface area contributed by atoms with Crippen LogP contribution in [0.1, 0.15) is 19.4 Å². The minimum absolute atomic E-state index is 0.0780. The number of hydrogen-bond acceptors (Lipinski definition) is 4. The summed E-state index contributed by atoms with van der Waals surface area (Å²) in [5.41, 5.74) is 1.17. The minimum Gasteiger partial charge on any atom is -0.492 e. The lowest BCUT2D eigenvalue weighted by Crippen LogP contribution is -2.57. The maximum absolute atomic E-state index is 12.3. The second-order valence-corrected chi connectivity index (χ2v) is 6.48. The third-order valence-electron chi connectivity index (χ3n) is 4.42. The second-order valence-electron chi connectivity index (χ2n) is 6.48. The summed E-state index contributed by atoms with van der Waals surface area (Å²) in [7, 11) is 2.13. The van der Waals surface area contributed by atoms with Gasteiger partial charge in [-0.25, -0.2) is 0 Å². The molecule has 1 aromatic carbocycles. The van der Waals surface area contributed by atoms with Crippen molar-refractivity contribution < 1.29 is 9.53 Å². The van der Waals surface area contributed by atoms with Gasteiger partial charge in [-0.3, -0.25) is 9.69 Å². The zero-order chi connectivity index (χ0) is 16.8. The zero-order valence-electron chi connectivity index (χ0n) is 14.7. The molecule has 0 bridgehead atoms. The number of benzene rings is 1.